The Kier molecular flexibility index (Phi) is 4.58. The molecule has 1 saturated heterocycles. The van der Waals surface area contributed by atoms with E-state index in [1.54, 1.807) is 11.1 Å². The minimum absolute atomic E-state index is 0.178. The van der Waals surface area contributed by atoms with E-state index in [1.165, 1.54) is 5.39 Å². The molecule has 0 spiro atoms. The maximum absolute atomic E-state index is 13.3. The first kappa shape index (κ1) is 19.2. The van der Waals surface area contributed by atoms with Crippen LogP contribution in [0.2, 0.25) is 0 Å². The van der Waals surface area contributed by atoms with Gasteiger partial charge in [-0.15, -0.1) is 0 Å². The fourth-order valence-electron chi connectivity index (χ4n) is 4.50. The molecular weight excluding hydrogens is 386 g/mol. The van der Waals surface area contributed by atoms with E-state index in [-0.39, 0.29) is 24.8 Å². The Labute approximate surface area is 173 Å². The van der Waals surface area contributed by atoms with Crippen molar-refractivity contribution in [2.24, 2.45) is 5.92 Å². The summed E-state index contributed by atoms with van der Waals surface area (Å²) in [5.74, 6) is -2.76. The van der Waals surface area contributed by atoms with E-state index in [9.17, 15) is 13.6 Å². The Morgan fingerprint density at radius 3 is 2.67 bits per heavy atom. The third-order valence-electron chi connectivity index (χ3n) is 6.28. The number of rotatable bonds is 3. The van der Waals surface area contributed by atoms with Crippen molar-refractivity contribution in [1.29, 1.82) is 0 Å². The van der Waals surface area contributed by atoms with E-state index in [0.29, 0.717) is 18.9 Å². The zero-order chi connectivity index (χ0) is 20.9. The summed E-state index contributed by atoms with van der Waals surface area (Å²) in [6.07, 6.45) is 1.10. The number of nitrogens with one attached hydrogen (secondary N) is 1. The number of H-pyrrole nitrogens is 1. The van der Waals surface area contributed by atoms with E-state index in [2.05, 4.69) is 39.1 Å². The van der Waals surface area contributed by atoms with Crippen LogP contribution in [0.15, 0.2) is 48.7 Å². The number of hydrogen-bond acceptors (Lipinski definition) is 3. The molecule has 1 amide bonds. The first-order valence-electron chi connectivity index (χ1n) is 10.3. The van der Waals surface area contributed by atoms with Gasteiger partial charge in [-0.05, 0) is 23.9 Å². The summed E-state index contributed by atoms with van der Waals surface area (Å²) >= 11 is 0. The highest BCUT2D eigenvalue weighted by atomic mass is 19.3. The van der Waals surface area contributed by atoms with Crippen molar-refractivity contribution in [3.05, 3.63) is 54.5 Å². The van der Waals surface area contributed by atoms with Gasteiger partial charge < -0.3 is 14.8 Å². The fourth-order valence-corrected chi connectivity index (χ4v) is 4.50. The lowest BCUT2D eigenvalue weighted by Crippen LogP contribution is -2.54. The molecule has 0 radical (unpaired) electrons. The van der Waals surface area contributed by atoms with E-state index in [0.717, 1.165) is 23.2 Å². The summed E-state index contributed by atoms with van der Waals surface area (Å²) in [5.41, 5.74) is 1.90. The number of hydrogen-bond donors (Lipinski definition) is 1. The topological polar surface area (TPSA) is 52.2 Å². The van der Waals surface area contributed by atoms with Gasteiger partial charge in [-0.1, -0.05) is 36.4 Å². The Morgan fingerprint density at radius 1 is 1.13 bits per heavy atom. The molecule has 2 heterocycles. The van der Waals surface area contributed by atoms with Gasteiger partial charge in [-0.25, -0.2) is 13.8 Å². The fraction of sp³-hybridized carbons (Fsp3) is 0.391. The predicted octanol–water partition coefficient (Wildman–Crippen LogP) is 4.09. The Hall–Kier alpha value is -2.80. The van der Waals surface area contributed by atoms with Crippen LogP contribution in [-0.2, 0) is 4.79 Å². The highest BCUT2D eigenvalue weighted by Crippen LogP contribution is 2.44. The lowest BCUT2D eigenvalue weighted by atomic mass is 9.80. The monoisotopic (exact) mass is 410 g/mol. The van der Waals surface area contributed by atoms with Crippen molar-refractivity contribution in [1.82, 2.24) is 19.8 Å². The number of aromatic amines is 1. The van der Waals surface area contributed by atoms with Crippen molar-refractivity contribution >= 4 is 16.7 Å². The number of amides is 1. The molecule has 1 unspecified atom stereocenters. The Balaban J connectivity index is 1.41. The van der Waals surface area contributed by atoms with Gasteiger partial charge in [0.15, 0.2) is 0 Å². The Morgan fingerprint density at radius 2 is 1.90 bits per heavy atom. The van der Waals surface area contributed by atoms with Crippen LogP contribution < -0.4 is 0 Å². The number of carbonyl (C=O) groups excluding carboxylic acids is 1. The molecule has 0 bridgehead atoms. The number of imidazole rings is 1. The lowest BCUT2D eigenvalue weighted by Gasteiger charge is -2.43. The molecule has 156 valence electrons. The minimum atomic E-state index is -2.70. The molecular formula is C23H24F2N4O. The molecule has 1 N–H and O–H groups in total. The van der Waals surface area contributed by atoms with Crippen LogP contribution in [-0.4, -0.2) is 58.3 Å². The van der Waals surface area contributed by atoms with Crippen molar-refractivity contribution in [2.75, 3.05) is 26.7 Å². The second kappa shape index (κ2) is 7.16. The van der Waals surface area contributed by atoms with Crippen LogP contribution >= 0.6 is 0 Å². The molecule has 5 rings (SSSR count). The number of likely N-dealkylation sites (N-methyl/N-ethyl adjacent to an activating group) is 1. The van der Waals surface area contributed by atoms with Crippen LogP contribution in [0.25, 0.3) is 22.0 Å². The molecule has 1 aliphatic heterocycles. The zero-order valence-electron chi connectivity index (χ0n) is 16.8. The summed E-state index contributed by atoms with van der Waals surface area (Å²) in [6.45, 7) is 1.87. The van der Waals surface area contributed by atoms with Crippen molar-refractivity contribution in [3.63, 3.8) is 0 Å². The average Bonchev–Trinajstić information content (AvgIpc) is 3.21. The van der Waals surface area contributed by atoms with Gasteiger partial charge in [0, 0.05) is 44.0 Å². The largest absolute Gasteiger partial charge is 0.340 e. The lowest BCUT2D eigenvalue weighted by molar-refractivity contribution is -0.164. The van der Waals surface area contributed by atoms with Gasteiger partial charge in [0.25, 0.3) is 0 Å². The number of nitrogens with zero attached hydrogens (tertiary/aromatic N) is 3. The smallest absolute Gasteiger partial charge is 0.249 e. The summed E-state index contributed by atoms with van der Waals surface area (Å²) in [7, 11) is 2.00. The van der Waals surface area contributed by atoms with E-state index in [4.69, 9.17) is 0 Å². The number of halogens is 2. The molecule has 3 aromatic rings. The number of fused-ring (bicyclic) bond motifs is 1. The Bertz CT molecular complexity index is 1090. The zero-order valence-corrected chi connectivity index (χ0v) is 16.8. The third-order valence-corrected chi connectivity index (χ3v) is 6.28. The van der Waals surface area contributed by atoms with Gasteiger partial charge in [0.2, 0.25) is 11.8 Å². The van der Waals surface area contributed by atoms with Crippen LogP contribution in [0.1, 0.15) is 24.7 Å². The molecule has 1 aliphatic carbocycles. The predicted molar refractivity (Wildman–Crippen MR) is 111 cm³/mol. The van der Waals surface area contributed by atoms with Crippen LogP contribution in [0, 0.1) is 5.92 Å². The van der Waals surface area contributed by atoms with Gasteiger partial charge in [-0.2, -0.15) is 0 Å². The third kappa shape index (κ3) is 3.47. The van der Waals surface area contributed by atoms with E-state index < -0.39 is 11.8 Å². The highest BCUT2D eigenvalue weighted by molar-refractivity contribution is 5.86. The first-order valence-corrected chi connectivity index (χ1v) is 10.3. The molecule has 7 heteroatoms. The molecule has 5 nitrogen and oxygen atoms in total. The van der Waals surface area contributed by atoms with Gasteiger partial charge in [-0.3, -0.25) is 4.79 Å². The van der Waals surface area contributed by atoms with Crippen LogP contribution in [0.3, 0.4) is 0 Å². The van der Waals surface area contributed by atoms with E-state index in [1.807, 2.05) is 25.2 Å². The molecule has 30 heavy (non-hydrogen) atoms. The van der Waals surface area contributed by atoms with Crippen LogP contribution in [0.4, 0.5) is 8.78 Å². The SMILES string of the molecule is CN1CCN(C(=O)C2CC(F)(F)C2)C(c2ncc(-c3ccc4ccccc4c3)[nH]2)C1. The maximum atomic E-state index is 13.3. The standard InChI is InChI=1S/C23H24F2N4O/c1-28-8-9-29(22(30)18-11-23(24,25)12-18)20(14-28)21-26-13-19(27-21)17-7-6-15-4-2-3-5-16(15)10-17/h2-7,10,13,18,20H,8-9,11-12,14H2,1H3,(H,26,27). The summed E-state index contributed by atoms with van der Waals surface area (Å²) in [6, 6.07) is 14.1. The number of aromatic nitrogens is 2. The van der Waals surface area contributed by atoms with Gasteiger partial charge in [0.05, 0.1) is 11.9 Å². The number of carbonyl (C=O) groups is 1. The molecule has 1 atom stereocenters. The second-order valence-corrected chi connectivity index (χ2v) is 8.51. The molecule has 2 fully saturated rings. The number of benzene rings is 2. The van der Waals surface area contributed by atoms with E-state index >= 15 is 0 Å². The molecule has 2 aliphatic rings. The molecule has 1 aromatic heterocycles. The second-order valence-electron chi connectivity index (χ2n) is 8.51. The normalized spacial score (nSPS) is 22.2. The molecule has 2 aromatic carbocycles. The van der Waals surface area contributed by atoms with Crippen molar-refractivity contribution < 1.29 is 13.6 Å². The number of alkyl halides is 2. The molecule has 1 saturated carbocycles. The van der Waals surface area contributed by atoms with Gasteiger partial charge in [0.1, 0.15) is 11.9 Å². The van der Waals surface area contributed by atoms with Crippen molar-refractivity contribution in [2.45, 2.75) is 24.8 Å². The quantitative estimate of drug-likeness (QED) is 0.708. The summed E-state index contributed by atoms with van der Waals surface area (Å²) in [4.78, 5) is 24.7. The van der Waals surface area contributed by atoms with Gasteiger partial charge >= 0.3 is 0 Å². The maximum Gasteiger partial charge on any atom is 0.249 e. The average molecular weight is 410 g/mol. The first-order chi connectivity index (χ1) is 14.4. The highest BCUT2D eigenvalue weighted by Gasteiger charge is 2.51. The summed E-state index contributed by atoms with van der Waals surface area (Å²) in [5, 5.41) is 2.32. The van der Waals surface area contributed by atoms with Crippen molar-refractivity contribution in [3.8, 4) is 11.3 Å². The minimum Gasteiger partial charge on any atom is -0.340 e. The van der Waals surface area contributed by atoms with Crippen LogP contribution in [0.5, 0.6) is 0 Å². The number of piperazine rings is 1. The summed E-state index contributed by atoms with van der Waals surface area (Å²) < 4.78 is 26.6.